The predicted molar refractivity (Wildman–Crippen MR) is 88.5 cm³/mol. The van der Waals surface area contributed by atoms with Gasteiger partial charge in [0.1, 0.15) is 12.4 Å². The summed E-state index contributed by atoms with van der Waals surface area (Å²) in [6.45, 7) is 1.82. The maximum Gasteiger partial charge on any atom is 0.261 e. The van der Waals surface area contributed by atoms with Crippen LogP contribution in [0.2, 0.25) is 0 Å². The molecular formula is C17H17N5O2. The van der Waals surface area contributed by atoms with Gasteiger partial charge >= 0.3 is 0 Å². The first-order valence-electron chi connectivity index (χ1n) is 7.94. The molecule has 1 aliphatic heterocycles. The number of aromatic nitrogens is 4. The standard InChI is InChI=1S/C17H17N5O2/c23-16(11-20-8-6-18-12-20)21-7-5-15-19-14-4-2-1-3-13(14)17(24)22(15)10-9-21/h1-4,6,8,12H,5,7,9-11H2. The fraction of sp³-hybridized carbons (Fsp3) is 0.294. The van der Waals surface area contributed by atoms with Gasteiger partial charge in [-0.25, -0.2) is 9.97 Å². The summed E-state index contributed by atoms with van der Waals surface area (Å²) in [5.74, 6) is 0.773. The summed E-state index contributed by atoms with van der Waals surface area (Å²) in [6, 6.07) is 7.37. The second-order valence-corrected chi connectivity index (χ2v) is 5.87. The third kappa shape index (κ3) is 2.58. The van der Waals surface area contributed by atoms with E-state index < -0.39 is 0 Å². The maximum atomic E-state index is 12.7. The van der Waals surface area contributed by atoms with Crippen molar-refractivity contribution in [2.24, 2.45) is 0 Å². The monoisotopic (exact) mass is 323 g/mol. The van der Waals surface area contributed by atoms with Crippen molar-refractivity contribution in [2.75, 3.05) is 13.1 Å². The van der Waals surface area contributed by atoms with Crippen LogP contribution in [0.15, 0.2) is 47.8 Å². The van der Waals surface area contributed by atoms with E-state index in [1.807, 2.05) is 18.2 Å². The molecule has 0 atom stereocenters. The molecule has 0 unspecified atom stereocenters. The maximum absolute atomic E-state index is 12.7. The molecular weight excluding hydrogens is 306 g/mol. The van der Waals surface area contributed by atoms with Crippen LogP contribution in [0.4, 0.5) is 0 Å². The molecule has 0 spiro atoms. The summed E-state index contributed by atoms with van der Waals surface area (Å²) in [7, 11) is 0. The van der Waals surface area contributed by atoms with E-state index in [9.17, 15) is 9.59 Å². The molecule has 0 fully saturated rings. The number of rotatable bonds is 2. The first-order valence-corrected chi connectivity index (χ1v) is 7.94. The summed E-state index contributed by atoms with van der Waals surface area (Å²) in [4.78, 5) is 35.5. The molecule has 1 amide bonds. The largest absolute Gasteiger partial charge is 0.339 e. The van der Waals surface area contributed by atoms with Crippen LogP contribution in [0.1, 0.15) is 5.82 Å². The first kappa shape index (κ1) is 14.6. The van der Waals surface area contributed by atoms with E-state index in [2.05, 4.69) is 9.97 Å². The molecule has 24 heavy (non-hydrogen) atoms. The van der Waals surface area contributed by atoms with E-state index in [1.165, 1.54) is 0 Å². The minimum atomic E-state index is -0.0282. The average Bonchev–Trinajstić information content (AvgIpc) is 3.00. The molecule has 7 heteroatoms. The first-order chi connectivity index (χ1) is 11.7. The average molecular weight is 323 g/mol. The molecule has 1 aromatic carbocycles. The molecule has 0 saturated carbocycles. The zero-order valence-corrected chi connectivity index (χ0v) is 13.1. The number of hydrogen-bond donors (Lipinski definition) is 0. The van der Waals surface area contributed by atoms with Crippen LogP contribution in [0, 0.1) is 0 Å². The highest BCUT2D eigenvalue weighted by molar-refractivity contribution is 5.78. The second kappa shape index (κ2) is 5.92. The predicted octanol–water partition coefficient (Wildman–Crippen LogP) is 0.678. The van der Waals surface area contributed by atoms with E-state index in [4.69, 9.17) is 0 Å². The van der Waals surface area contributed by atoms with Gasteiger partial charge in [0, 0.05) is 38.4 Å². The van der Waals surface area contributed by atoms with Crippen LogP contribution in [0.3, 0.4) is 0 Å². The van der Waals surface area contributed by atoms with Gasteiger partial charge in [0.05, 0.1) is 17.2 Å². The van der Waals surface area contributed by atoms with Gasteiger partial charge in [-0.3, -0.25) is 14.2 Å². The zero-order chi connectivity index (χ0) is 16.5. The molecule has 0 saturated heterocycles. The van der Waals surface area contributed by atoms with E-state index in [0.29, 0.717) is 37.0 Å². The molecule has 2 aromatic heterocycles. The molecule has 3 aromatic rings. The van der Waals surface area contributed by atoms with Crippen LogP contribution in [0.25, 0.3) is 10.9 Å². The van der Waals surface area contributed by atoms with Gasteiger partial charge in [-0.15, -0.1) is 0 Å². The Hall–Kier alpha value is -2.96. The summed E-state index contributed by atoms with van der Waals surface area (Å²) in [5.41, 5.74) is 0.687. The van der Waals surface area contributed by atoms with Crippen LogP contribution < -0.4 is 5.56 Å². The number of benzene rings is 1. The van der Waals surface area contributed by atoms with E-state index in [1.54, 1.807) is 38.8 Å². The van der Waals surface area contributed by atoms with Gasteiger partial charge in [-0.2, -0.15) is 0 Å². The summed E-state index contributed by atoms with van der Waals surface area (Å²) >= 11 is 0. The molecule has 7 nitrogen and oxygen atoms in total. The molecule has 0 aliphatic carbocycles. The molecule has 0 radical (unpaired) electrons. The molecule has 0 bridgehead atoms. The topological polar surface area (TPSA) is 73.0 Å². The van der Waals surface area contributed by atoms with Crippen molar-refractivity contribution >= 4 is 16.8 Å². The Morgan fingerprint density at radius 2 is 2.04 bits per heavy atom. The van der Waals surface area contributed by atoms with Crippen LogP contribution in [-0.4, -0.2) is 43.0 Å². The summed E-state index contributed by atoms with van der Waals surface area (Å²) in [6.07, 6.45) is 5.63. The van der Waals surface area contributed by atoms with Gasteiger partial charge in [0.25, 0.3) is 5.56 Å². The summed E-state index contributed by atoms with van der Waals surface area (Å²) in [5, 5.41) is 0.624. The number of fused-ring (bicyclic) bond motifs is 2. The summed E-state index contributed by atoms with van der Waals surface area (Å²) < 4.78 is 3.45. The van der Waals surface area contributed by atoms with Crippen molar-refractivity contribution in [2.45, 2.75) is 19.5 Å². The van der Waals surface area contributed by atoms with E-state index in [-0.39, 0.29) is 18.0 Å². The minimum absolute atomic E-state index is 0.0263. The van der Waals surface area contributed by atoms with Gasteiger partial charge in [0.2, 0.25) is 5.91 Å². The van der Waals surface area contributed by atoms with Crippen molar-refractivity contribution in [1.82, 2.24) is 24.0 Å². The third-order valence-corrected chi connectivity index (χ3v) is 4.37. The van der Waals surface area contributed by atoms with Crippen molar-refractivity contribution in [3.8, 4) is 0 Å². The molecule has 4 rings (SSSR count). The number of para-hydroxylation sites is 1. The SMILES string of the molecule is O=C(Cn1ccnc1)N1CCc2nc3ccccc3c(=O)n2CC1. The van der Waals surface area contributed by atoms with E-state index >= 15 is 0 Å². The van der Waals surface area contributed by atoms with Gasteiger partial charge in [-0.05, 0) is 12.1 Å². The Balaban J connectivity index is 1.60. The fourth-order valence-corrected chi connectivity index (χ4v) is 3.09. The number of amides is 1. The van der Waals surface area contributed by atoms with Gasteiger partial charge < -0.3 is 9.47 Å². The van der Waals surface area contributed by atoms with E-state index in [0.717, 1.165) is 5.82 Å². The molecule has 122 valence electrons. The number of hydrogen-bond acceptors (Lipinski definition) is 4. The van der Waals surface area contributed by atoms with Crippen LogP contribution in [0.5, 0.6) is 0 Å². The Labute approximate surface area is 138 Å². The van der Waals surface area contributed by atoms with Crippen LogP contribution in [-0.2, 0) is 24.3 Å². The Morgan fingerprint density at radius 1 is 1.17 bits per heavy atom. The Kier molecular flexibility index (Phi) is 3.60. The quantitative estimate of drug-likeness (QED) is 0.695. The van der Waals surface area contributed by atoms with Crippen molar-refractivity contribution in [3.05, 3.63) is 59.2 Å². The fourth-order valence-electron chi connectivity index (χ4n) is 3.09. The van der Waals surface area contributed by atoms with Gasteiger partial charge in [-0.1, -0.05) is 12.1 Å². The second-order valence-electron chi connectivity index (χ2n) is 5.87. The van der Waals surface area contributed by atoms with Crippen molar-refractivity contribution in [3.63, 3.8) is 0 Å². The Morgan fingerprint density at radius 3 is 2.88 bits per heavy atom. The lowest BCUT2D eigenvalue weighted by molar-refractivity contribution is -0.131. The highest BCUT2D eigenvalue weighted by Gasteiger charge is 2.20. The molecule has 0 N–H and O–H groups in total. The number of carbonyl (C=O) groups is 1. The third-order valence-electron chi connectivity index (χ3n) is 4.37. The minimum Gasteiger partial charge on any atom is -0.339 e. The smallest absolute Gasteiger partial charge is 0.261 e. The van der Waals surface area contributed by atoms with Crippen LogP contribution >= 0.6 is 0 Å². The Bertz CT molecular complexity index is 945. The highest BCUT2D eigenvalue weighted by Crippen LogP contribution is 2.11. The number of nitrogens with zero attached hydrogens (tertiary/aromatic N) is 5. The number of carbonyl (C=O) groups excluding carboxylic acids is 1. The highest BCUT2D eigenvalue weighted by atomic mass is 16.2. The lowest BCUT2D eigenvalue weighted by Crippen LogP contribution is -2.36. The lowest BCUT2D eigenvalue weighted by atomic mass is 10.2. The number of imidazole rings is 1. The zero-order valence-electron chi connectivity index (χ0n) is 13.1. The van der Waals surface area contributed by atoms with Crippen molar-refractivity contribution < 1.29 is 4.79 Å². The lowest BCUT2D eigenvalue weighted by Gasteiger charge is -2.19. The van der Waals surface area contributed by atoms with Gasteiger partial charge in [0.15, 0.2) is 0 Å². The molecule has 1 aliphatic rings. The normalized spacial score (nSPS) is 14.4. The van der Waals surface area contributed by atoms with Crippen molar-refractivity contribution in [1.29, 1.82) is 0 Å². The molecule has 3 heterocycles.